The molecule has 0 heterocycles. The SMILES string of the molecule is CC(C)(C)c1ccc(CC(O)CC2CCCC2)cc1. The monoisotopic (exact) mass is 260 g/mol. The van der Waals surface area contributed by atoms with E-state index in [1.54, 1.807) is 0 Å². The summed E-state index contributed by atoms with van der Waals surface area (Å²) in [6, 6.07) is 8.77. The Morgan fingerprint density at radius 1 is 1.11 bits per heavy atom. The number of hydrogen-bond donors (Lipinski definition) is 1. The minimum absolute atomic E-state index is 0.163. The molecule has 0 saturated heterocycles. The molecular weight excluding hydrogens is 232 g/mol. The fraction of sp³-hybridized carbons (Fsp3) is 0.667. The van der Waals surface area contributed by atoms with Crippen molar-refractivity contribution in [1.82, 2.24) is 0 Å². The standard InChI is InChI=1S/C18H28O/c1-18(2,3)16-10-8-15(9-11-16)13-17(19)12-14-6-4-5-7-14/h8-11,14,17,19H,4-7,12-13H2,1-3H3. The Morgan fingerprint density at radius 2 is 1.68 bits per heavy atom. The third-order valence-electron chi connectivity index (χ3n) is 4.37. The van der Waals surface area contributed by atoms with E-state index in [0.29, 0.717) is 0 Å². The Morgan fingerprint density at radius 3 is 2.21 bits per heavy atom. The van der Waals surface area contributed by atoms with Crippen LogP contribution < -0.4 is 0 Å². The Labute approximate surface area is 118 Å². The first-order valence-corrected chi connectivity index (χ1v) is 7.72. The topological polar surface area (TPSA) is 20.2 Å². The Bertz CT molecular complexity index is 379. The molecule has 1 aromatic carbocycles. The Balaban J connectivity index is 1.88. The van der Waals surface area contributed by atoms with E-state index < -0.39 is 0 Å². The fourth-order valence-corrected chi connectivity index (χ4v) is 3.13. The van der Waals surface area contributed by atoms with E-state index in [4.69, 9.17) is 0 Å². The van der Waals surface area contributed by atoms with Crippen molar-refractivity contribution in [3.05, 3.63) is 35.4 Å². The second kappa shape index (κ2) is 6.09. The minimum Gasteiger partial charge on any atom is -0.393 e. The summed E-state index contributed by atoms with van der Waals surface area (Å²) in [5, 5.41) is 10.2. The van der Waals surface area contributed by atoms with E-state index in [2.05, 4.69) is 45.0 Å². The van der Waals surface area contributed by atoms with Gasteiger partial charge in [-0.05, 0) is 35.3 Å². The van der Waals surface area contributed by atoms with Crippen molar-refractivity contribution in [1.29, 1.82) is 0 Å². The van der Waals surface area contributed by atoms with Crippen LogP contribution in [0, 0.1) is 5.92 Å². The molecule has 1 nitrogen and oxygen atoms in total. The molecule has 19 heavy (non-hydrogen) atoms. The second-order valence-corrected chi connectivity index (χ2v) is 7.19. The van der Waals surface area contributed by atoms with Crippen LogP contribution in [0.1, 0.15) is 64.0 Å². The highest BCUT2D eigenvalue weighted by molar-refractivity contribution is 5.27. The molecule has 1 aliphatic rings. The number of aliphatic hydroxyl groups is 1. The van der Waals surface area contributed by atoms with Gasteiger partial charge in [-0.25, -0.2) is 0 Å². The summed E-state index contributed by atoms with van der Waals surface area (Å²) in [5.41, 5.74) is 2.83. The van der Waals surface area contributed by atoms with Crippen molar-refractivity contribution < 1.29 is 5.11 Å². The number of hydrogen-bond acceptors (Lipinski definition) is 1. The molecule has 1 aliphatic carbocycles. The zero-order valence-corrected chi connectivity index (χ0v) is 12.7. The molecular formula is C18H28O. The van der Waals surface area contributed by atoms with Crippen LogP contribution in [0.2, 0.25) is 0 Å². The van der Waals surface area contributed by atoms with Crippen LogP contribution in [0.15, 0.2) is 24.3 Å². The first kappa shape index (κ1) is 14.6. The van der Waals surface area contributed by atoms with Crippen LogP contribution in [-0.2, 0) is 11.8 Å². The maximum absolute atomic E-state index is 10.2. The first-order valence-electron chi connectivity index (χ1n) is 7.72. The third-order valence-corrected chi connectivity index (χ3v) is 4.37. The average Bonchev–Trinajstić information content (AvgIpc) is 2.81. The van der Waals surface area contributed by atoms with Crippen LogP contribution in [0.25, 0.3) is 0 Å². The molecule has 1 unspecified atom stereocenters. The number of benzene rings is 1. The van der Waals surface area contributed by atoms with E-state index in [1.165, 1.54) is 36.8 Å². The molecule has 0 aliphatic heterocycles. The molecule has 0 amide bonds. The van der Waals surface area contributed by atoms with Gasteiger partial charge in [0.1, 0.15) is 0 Å². The molecule has 1 N–H and O–H groups in total. The van der Waals surface area contributed by atoms with Crippen LogP contribution in [0.4, 0.5) is 0 Å². The van der Waals surface area contributed by atoms with Gasteiger partial charge in [-0.15, -0.1) is 0 Å². The van der Waals surface area contributed by atoms with Crippen molar-refractivity contribution in [3.8, 4) is 0 Å². The van der Waals surface area contributed by atoms with Crippen molar-refractivity contribution in [2.45, 2.75) is 70.8 Å². The predicted octanol–water partition coefficient (Wildman–Crippen LogP) is 4.47. The van der Waals surface area contributed by atoms with Crippen molar-refractivity contribution >= 4 is 0 Å². The molecule has 1 saturated carbocycles. The third kappa shape index (κ3) is 4.35. The normalized spacial score (nSPS) is 18.7. The minimum atomic E-state index is -0.163. The molecule has 0 radical (unpaired) electrons. The van der Waals surface area contributed by atoms with Crippen molar-refractivity contribution in [3.63, 3.8) is 0 Å². The van der Waals surface area contributed by atoms with Gasteiger partial charge >= 0.3 is 0 Å². The zero-order valence-electron chi connectivity index (χ0n) is 12.7. The summed E-state index contributed by atoms with van der Waals surface area (Å²) in [7, 11) is 0. The van der Waals surface area contributed by atoms with Crippen molar-refractivity contribution in [2.24, 2.45) is 5.92 Å². The quantitative estimate of drug-likeness (QED) is 0.847. The fourth-order valence-electron chi connectivity index (χ4n) is 3.13. The van der Waals surface area contributed by atoms with Gasteiger partial charge in [0.2, 0.25) is 0 Å². The summed E-state index contributed by atoms with van der Waals surface area (Å²) in [6.45, 7) is 6.70. The highest BCUT2D eigenvalue weighted by Gasteiger charge is 2.19. The molecule has 0 bridgehead atoms. The number of rotatable bonds is 4. The predicted molar refractivity (Wildman–Crippen MR) is 81.4 cm³/mol. The van der Waals surface area contributed by atoms with Gasteiger partial charge in [-0.2, -0.15) is 0 Å². The molecule has 1 aromatic rings. The van der Waals surface area contributed by atoms with E-state index in [-0.39, 0.29) is 11.5 Å². The Kier molecular flexibility index (Phi) is 4.67. The second-order valence-electron chi connectivity index (χ2n) is 7.19. The van der Waals surface area contributed by atoms with Gasteiger partial charge < -0.3 is 5.11 Å². The molecule has 106 valence electrons. The summed E-state index contributed by atoms with van der Waals surface area (Å²) in [6.07, 6.45) is 6.99. The molecule has 0 aromatic heterocycles. The van der Waals surface area contributed by atoms with Crippen LogP contribution in [0.3, 0.4) is 0 Å². The summed E-state index contributed by atoms with van der Waals surface area (Å²) in [5.74, 6) is 0.767. The molecule has 1 heteroatoms. The largest absolute Gasteiger partial charge is 0.393 e. The lowest BCUT2D eigenvalue weighted by atomic mass is 9.86. The lowest BCUT2D eigenvalue weighted by Gasteiger charge is -2.20. The maximum atomic E-state index is 10.2. The molecule has 1 fully saturated rings. The molecule has 2 rings (SSSR count). The zero-order chi connectivity index (χ0) is 13.9. The van der Waals surface area contributed by atoms with Gasteiger partial charge in [0.25, 0.3) is 0 Å². The summed E-state index contributed by atoms with van der Waals surface area (Å²) >= 11 is 0. The molecule has 0 spiro atoms. The van der Waals surface area contributed by atoms with E-state index >= 15 is 0 Å². The van der Waals surface area contributed by atoms with Gasteiger partial charge in [0.15, 0.2) is 0 Å². The van der Waals surface area contributed by atoms with E-state index in [9.17, 15) is 5.11 Å². The van der Waals surface area contributed by atoms with Gasteiger partial charge in [-0.3, -0.25) is 0 Å². The maximum Gasteiger partial charge on any atom is 0.0583 e. The van der Waals surface area contributed by atoms with E-state index in [1.807, 2.05) is 0 Å². The van der Waals surface area contributed by atoms with Crippen LogP contribution in [-0.4, -0.2) is 11.2 Å². The van der Waals surface area contributed by atoms with Crippen LogP contribution >= 0.6 is 0 Å². The van der Waals surface area contributed by atoms with Crippen LogP contribution in [0.5, 0.6) is 0 Å². The van der Waals surface area contributed by atoms with Gasteiger partial charge in [0.05, 0.1) is 6.10 Å². The van der Waals surface area contributed by atoms with E-state index in [0.717, 1.165) is 18.8 Å². The lowest BCUT2D eigenvalue weighted by Crippen LogP contribution is -2.15. The lowest BCUT2D eigenvalue weighted by molar-refractivity contribution is 0.143. The van der Waals surface area contributed by atoms with Crippen molar-refractivity contribution in [2.75, 3.05) is 0 Å². The van der Waals surface area contributed by atoms with Gasteiger partial charge in [-0.1, -0.05) is 70.7 Å². The molecule has 1 atom stereocenters. The van der Waals surface area contributed by atoms with Gasteiger partial charge in [0, 0.05) is 0 Å². The summed E-state index contributed by atoms with van der Waals surface area (Å²) < 4.78 is 0. The highest BCUT2D eigenvalue weighted by atomic mass is 16.3. The first-order chi connectivity index (χ1) is 8.95. The Hall–Kier alpha value is -0.820. The number of aliphatic hydroxyl groups excluding tert-OH is 1. The summed E-state index contributed by atoms with van der Waals surface area (Å²) in [4.78, 5) is 0. The average molecular weight is 260 g/mol. The highest BCUT2D eigenvalue weighted by Crippen LogP contribution is 2.29. The smallest absolute Gasteiger partial charge is 0.0583 e.